The number of pyridine rings is 1. The summed E-state index contributed by atoms with van der Waals surface area (Å²) in [5.41, 5.74) is 5.88. The number of aliphatic hydroxyl groups excluding tert-OH is 1. The fourth-order valence-corrected chi connectivity index (χ4v) is 11.5. The molecule has 0 bridgehead atoms. The van der Waals surface area contributed by atoms with Crippen LogP contribution < -0.4 is 16.0 Å². The zero-order valence-corrected chi connectivity index (χ0v) is 42.1. The molecule has 2 saturated carbocycles. The molecule has 4 amide bonds. The molecule has 4 atom stereocenters. The summed E-state index contributed by atoms with van der Waals surface area (Å²) >= 11 is 3.05. The number of β-amino-alcohol motifs (C(OH)–C–C–N with tert-alkyl or cyclic N) is 1. The Hall–Kier alpha value is -6.69. The van der Waals surface area contributed by atoms with Gasteiger partial charge in [0, 0.05) is 50.9 Å². The van der Waals surface area contributed by atoms with Crippen molar-refractivity contribution in [2.24, 2.45) is 5.41 Å². The van der Waals surface area contributed by atoms with E-state index in [1.165, 1.54) is 33.8 Å². The molecule has 5 aromatic heterocycles. The third kappa shape index (κ3) is 10.3. The van der Waals surface area contributed by atoms with Crippen LogP contribution in [0.1, 0.15) is 106 Å². The number of hydrogen-bond donors (Lipinski definition) is 4. The molecule has 1 aromatic carbocycles. The Kier molecular flexibility index (Phi) is 13.8. The predicted octanol–water partition coefficient (Wildman–Crippen LogP) is 6.99. The van der Waals surface area contributed by atoms with Crippen LogP contribution >= 0.6 is 22.7 Å². The van der Waals surface area contributed by atoms with Crippen LogP contribution in [-0.4, -0.2) is 119 Å². The molecule has 1 saturated heterocycles. The van der Waals surface area contributed by atoms with Crippen LogP contribution in [0.2, 0.25) is 0 Å². The Morgan fingerprint density at radius 3 is 2.42 bits per heavy atom. The zero-order valence-electron chi connectivity index (χ0n) is 40.5. The lowest BCUT2D eigenvalue weighted by atomic mass is 9.85. The number of nitrogens with one attached hydrogen (secondary N) is 3. The Morgan fingerprint density at radius 1 is 1.01 bits per heavy atom. The van der Waals surface area contributed by atoms with Crippen molar-refractivity contribution in [2.75, 3.05) is 26.0 Å². The number of halogens is 1. The maximum atomic E-state index is 14.8. The number of hydrogen-bond acceptors (Lipinski definition) is 14. The standard InChI is InChI=1S/C51H57FN12O5S2/c1-28-43(70-27-56-28)31-9-7-30(8-10-31)37(58-45(67)41-20-35(65)26-63(41)48(68)44(50(2,3)4)59-49(69)51(52)17-18-51)22-42(66)62(6)33-13-11-32(12-14-33)46-60-61-47(71-46)36-25-55-39(21-38(36)54-5)40-16-15-34-19-29(23-53)24-57-64(34)40/h7-10,15-16,19,21,24-25,27,32-33,35,37,41,44,65H,11-14,17-18,20,22,26H2,1-6H3,(H,54,55)(H,58,67)(H,59,69)/t32?,33?,35-,37+,41+,44-/m1/s1. The van der Waals surface area contributed by atoms with E-state index < -0.39 is 53.0 Å². The fourth-order valence-electron chi connectivity index (χ4n) is 9.65. The molecule has 0 spiro atoms. The monoisotopic (exact) mass is 1000 g/mol. The fraction of sp³-hybridized carbons (Fsp3) is 0.451. The van der Waals surface area contributed by atoms with Crippen LogP contribution in [0.3, 0.4) is 0 Å². The minimum absolute atomic E-state index is 0.0466. The van der Waals surface area contributed by atoms with Gasteiger partial charge in [0.2, 0.25) is 17.7 Å². The van der Waals surface area contributed by atoms with Gasteiger partial charge in [-0.05, 0) is 86.3 Å². The molecular weight excluding hydrogens is 944 g/mol. The number of rotatable bonds is 14. The Morgan fingerprint density at radius 2 is 1.76 bits per heavy atom. The molecule has 1 aliphatic heterocycles. The van der Waals surface area contributed by atoms with Gasteiger partial charge in [-0.25, -0.2) is 13.9 Å². The first-order valence-corrected chi connectivity index (χ1v) is 25.6. The summed E-state index contributed by atoms with van der Waals surface area (Å²) in [4.78, 5) is 69.0. The van der Waals surface area contributed by atoms with Crippen molar-refractivity contribution < 1.29 is 28.7 Å². The van der Waals surface area contributed by atoms with E-state index in [9.17, 15) is 33.9 Å². The lowest BCUT2D eigenvalue weighted by molar-refractivity contribution is -0.145. The molecule has 0 unspecified atom stereocenters. The normalized spacial score (nSPS) is 20.5. The minimum atomic E-state index is -2.01. The summed E-state index contributed by atoms with van der Waals surface area (Å²) in [6.07, 6.45) is 5.42. The molecule has 4 N–H and O–H groups in total. The van der Waals surface area contributed by atoms with Crippen LogP contribution in [0.15, 0.2) is 66.4 Å². The van der Waals surface area contributed by atoms with Crippen LogP contribution in [0.5, 0.6) is 0 Å². The molecule has 2 aliphatic carbocycles. The predicted molar refractivity (Wildman–Crippen MR) is 268 cm³/mol. The number of nitriles is 1. The number of aliphatic hydroxyl groups is 1. The van der Waals surface area contributed by atoms with Gasteiger partial charge in [0.15, 0.2) is 10.7 Å². The van der Waals surface area contributed by atoms with Gasteiger partial charge in [-0.1, -0.05) is 56.4 Å². The molecular formula is C51H57FN12O5S2. The van der Waals surface area contributed by atoms with E-state index in [0.717, 1.165) is 74.3 Å². The Labute approximate surface area is 418 Å². The lowest BCUT2D eigenvalue weighted by Crippen LogP contribution is -2.59. The van der Waals surface area contributed by atoms with Gasteiger partial charge in [0.05, 0.1) is 68.9 Å². The van der Waals surface area contributed by atoms with E-state index in [2.05, 4.69) is 42.3 Å². The summed E-state index contributed by atoms with van der Waals surface area (Å²) in [7, 11) is 3.65. The molecule has 0 radical (unpaired) electrons. The molecule has 6 heterocycles. The number of likely N-dealkylation sites (tertiary alicyclic amines) is 1. The van der Waals surface area contributed by atoms with Crippen molar-refractivity contribution in [3.05, 3.63) is 88.3 Å². The van der Waals surface area contributed by atoms with Crippen molar-refractivity contribution in [1.82, 2.24) is 50.2 Å². The minimum Gasteiger partial charge on any atom is -0.391 e. The number of aromatic nitrogens is 6. The SMILES string of the molecule is CNc1cc(-c2ccc3cc(C#N)cnn23)ncc1-c1nnc(C2CCC(N(C)C(=O)C[C@H](NC(=O)[C@@H]3C[C@@H](O)CN3C(=O)[C@@H](NC(=O)C3(F)CC3)C(C)(C)C)c3ccc(-c4scnc4C)cc3)CC2)s1. The van der Waals surface area contributed by atoms with E-state index in [-0.39, 0.29) is 50.1 Å². The topological polar surface area (TPSA) is 224 Å². The number of benzene rings is 1. The van der Waals surface area contributed by atoms with Crippen molar-refractivity contribution in [2.45, 2.75) is 121 Å². The lowest BCUT2D eigenvalue weighted by Gasteiger charge is -2.36. The third-order valence-corrected chi connectivity index (χ3v) is 16.2. The average Bonchev–Trinajstić information content (AvgIpc) is 3.85. The van der Waals surface area contributed by atoms with Gasteiger partial charge in [-0.15, -0.1) is 21.5 Å². The highest BCUT2D eigenvalue weighted by Gasteiger charge is 2.53. The Balaban J connectivity index is 0.875. The summed E-state index contributed by atoms with van der Waals surface area (Å²) in [6, 6.07) is 14.2. The molecule has 20 heteroatoms. The maximum absolute atomic E-state index is 14.8. The van der Waals surface area contributed by atoms with Gasteiger partial charge in [-0.3, -0.25) is 24.2 Å². The molecule has 9 rings (SSSR count). The van der Waals surface area contributed by atoms with Crippen LogP contribution in [0.25, 0.3) is 37.9 Å². The third-order valence-electron chi connectivity index (χ3n) is 14.1. The van der Waals surface area contributed by atoms with Gasteiger partial charge in [0.1, 0.15) is 23.2 Å². The molecule has 71 heavy (non-hydrogen) atoms. The maximum Gasteiger partial charge on any atom is 0.258 e. The number of alkyl halides is 1. The van der Waals surface area contributed by atoms with Gasteiger partial charge in [-0.2, -0.15) is 10.4 Å². The number of carbonyl (C=O) groups excluding carboxylic acids is 4. The second-order valence-electron chi connectivity index (χ2n) is 20.0. The van der Waals surface area contributed by atoms with Crippen molar-refractivity contribution >= 4 is 57.5 Å². The van der Waals surface area contributed by atoms with Gasteiger partial charge >= 0.3 is 0 Å². The molecule has 370 valence electrons. The van der Waals surface area contributed by atoms with Crippen LogP contribution in [0.4, 0.5) is 10.1 Å². The largest absolute Gasteiger partial charge is 0.391 e. The Bertz CT molecular complexity index is 3020. The molecule has 3 aliphatic rings. The van der Waals surface area contributed by atoms with Gasteiger partial charge in [0.25, 0.3) is 5.91 Å². The first-order valence-electron chi connectivity index (χ1n) is 23.9. The summed E-state index contributed by atoms with van der Waals surface area (Å²) < 4.78 is 16.6. The second kappa shape index (κ2) is 19.8. The van der Waals surface area contributed by atoms with E-state index in [4.69, 9.17) is 4.98 Å². The highest BCUT2D eigenvalue weighted by atomic mass is 32.1. The first kappa shape index (κ1) is 49.3. The van der Waals surface area contributed by atoms with E-state index >= 15 is 0 Å². The molecule has 3 fully saturated rings. The number of carbonyl (C=O) groups is 4. The number of thiazole rings is 1. The zero-order chi connectivity index (χ0) is 50.4. The number of amides is 4. The highest BCUT2D eigenvalue weighted by molar-refractivity contribution is 7.14. The summed E-state index contributed by atoms with van der Waals surface area (Å²) in [5, 5.41) is 44.4. The number of fused-ring (bicyclic) bond motifs is 1. The van der Waals surface area contributed by atoms with Crippen LogP contribution in [0, 0.1) is 23.7 Å². The summed E-state index contributed by atoms with van der Waals surface area (Å²) in [5.74, 6) is -2.00. The molecule has 6 aromatic rings. The average molecular weight is 1000 g/mol. The summed E-state index contributed by atoms with van der Waals surface area (Å²) in [6.45, 7) is 7.05. The highest BCUT2D eigenvalue weighted by Crippen LogP contribution is 2.42. The van der Waals surface area contributed by atoms with Crippen molar-refractivity contribution in [3.63, 3.8) is 0 Å². The van der Waals surface area contributed by atoms with E-state index in [0.29, 0.717) is 16.8 Å². The number of aryl methyl sites for hydroxylation is 1. The van der Waals surface area contributed by atoms with Crippen LogP contribution in [-0.2, 0) is 19.2 Å². The van der Waals surface area contributed by atoms with Crippen molar-refractivity contribution in [1.29, 1.82) is 5.26 Å². The van der Waals surface area contributed by atoms with E-state index in [1.54, 1.807) is 55.0 Å². The quantitative estimate of drug-likeness (QED) is 0.0867. The smallest absolute Gasteiger partial charge is 0.258 e. The number of nitrogens with zero attached hydrogens (tertiary/aromatic N) is 9. The second-order valence-corrected chi connectivity index (χ2v) is 21.9. The van der Waals surface area contributed by atoms with Crippen molar-refractivity contribution in [3.8, 4) is 38.5 Å². The number of anilines is 1. The van der Waals surface area contributed by atoms with E-state index in [1.807, 2.05) is 56.4 Å². The van der Waals surface area contributed by atoms with Gasteiger partial charge < -0.3 is 30.9 Å². The molecule has 17 nitrogen and oxygen atoms in total. The first-order chi connectivity index (χ1) is 33.9.